The summed E-state index contributed by atoms with van der Waals surface area (Å²) in [7, 11) is 1.07. The Morgan fingerprint density at radius 2 is 2.13 bits per heavy atom. The van der Waals surface area contributed by atoms with Crippen molar-refractivity contribution >= 4 is 33.5 Å². The quantitative estimate of drug-likeness (QED) is 0.627. The SMILES string of the molecule is COC(=O)C(=O)Nc1ccc(Br)cc1F. The predicted molar refractivity (Wildman–Crippen MR) is 54.7 cm³/mol. The van der Waals surface area contributed by atoms with Crippen LogP contribution in [0.2, 0.25) is 0 Å². The van der Waals surface area contributed by atoms with E-state index in [0.29, 0.717) is 4.47 Å². The van der Waals surface area contributed by atoms with Crippen LogP contribution in [0.1, 0.15) is 0 Å². The van der Waals surface area contributed by atoms with Crippen LogP contribution in [0, 0.1) is 5.82 Å². The number of nitrogens with one attached hydrogen (secondary N) is 1. The number of rotatable bonds is 1. The molecule has 4 nitrogen and oxygen atoms in total. The molecule has 0 heterocycles. The van der Waals surface area contributed by atoms with Gasteiger partial charge in [0.2, 0.25) is 0 Å². The van der Waals surface area contributed by atoms with Crippen LogP contribution in [0.3, 0.4) is 0 Å². The molecule has 0 aliphatic carbocycles. The lowest BCUT2D eigenvalue weighted by Gasteiger charge is -2.04. The predicted octanol–water partition coefficient (Wildman–Crippen LogP) is 1.70. The molecule has 0 bridgehead atoms. The van der Waals surface area contributed by atoms with Gasteiger partial charge in [-0.15, -0.1) is 0 Å². The molecule has 1 rings (SSSR count). The molecule has 1 amide bonds. The molecular formula is C9H7BrFNO3. The fourth-order valence-electron chi connectivity index (χ4n) is 0.857. The summed E-state index contributed by atoms with van der Waals surface area (Å²) >= 11 is 3.06. The zero-order chi connectivity index (χ0) is 11.4. The van der Waals surface area contributed by atoms with Crippen molar-refractivity contribution in [1.82, 2.24) is 0 Å². The van der Waals surface area contributed by atoms with Crippen molar-refractivity contribution in [2.24, 2.45) is 0 Å². The van der Waals surface area contributed by atoms with E-state index in [-0.39, 0.29) is 5.69 Å². The molecule has 0 atom stereocenters. The average Bonchev–Trinajstić information content (AvgIpc) is 2.20. The van der Waals surface area contributed by atoms with Gasteiger partial charge in [0.15, 0.2) is 0 Å². The molecule has 0 unspecified atom stereocenters. The number of halogens is 2. The van der Waals surface area contributed by atoms with Gasteiger partial charge < -0.3 is 10.1 Å². The minimum Gasteiger partial charge on any atom is -0.462 e. The number of carbonyl (C=O) groups is 2. The third-order valence-electron chi connectivity index (χ3n) is 1.55. The van der Waals surface area contributed by atoms with E-state index in [0.717, 1.165) is 7.11 Å². The van der Waals surface area contributed by atoms with Gasteiger partial charge in [-0.3, -0.25) is 4.79 Å². The van der Waals surface area contributed by atoms with Crippen molar-refractivity contribution in [3.05, 3.63) is 28.5 Å². The van der Waals surface area contributed by atoms with E-state index >= 15 is 0 Å². The zero-order valence-corrected chi connectivity index (χ0v) is 9.30. The smallest absolute Gasteiger partial charge is 0.396 e. The highest BCUT2D eigenvalue weighted by Gasteiger charge is 2.15. The molecule has 1 aromatic rings. The van der Waals surface area contributed by atoms with Crippen LogP contribution >= 0.6 is 15.9 Å². The normalized spacial score (nSPS) is 9.53. The van der Waals surface area contributed by atoms with Gasteiger partial charge in [-0.05, 0) is 18.2 Å². The van der Waals surface area contributed by atoms with Gasteiger partial charge in [0.25, 0.3) is 0 Å². The monoisotopic (exact) mass is 275 g/mol. The van der Waals surface area contributed by atoms with Gasteiger partial charge in [-0.1, -0.05) is 15.9 Å². The highest BCUT2D eigenvalue weighted by atomic mass is 79.9. The van der Waals surface area contributed by atoms with Gasteiger partial charge in [0, 0.05) is 4.47 Å². The van der Waals surface area contributed by atoms with Crippen LogP contribution in [0.4, 0.5) is 10.1 Å². The van der Waals surface area contributed by atoms with Crippen LogP contribution in [-0.2, 0) is 14.3 Å². The number of hydrogen-bond donors (Lipinski definition) is 1. The molecule has 0 spiro atoms. The van der Waals surface area contributed by atoms with Gasteiger partial charge >= 0.3 is 11.9 Å². The number of ether oxygens (including phenoxy) is 1. The molecule has 15 heavy (non-hydrogen) atoms. The summed E-state index contributed by atoms with van der Waals surface area (Å²) in [6.45, 7) is 0. The largest absolute Gasteiger partial charge is 0.462 e. The lowest BCUT2D eigenvalue weighted by molar-refractivity contribution is -0.150. The van der Waals surface area contributed by atoms with E-state index < -0.39 is 17.7 Å². The van der Waals surface area contributed by atoms with E-state index in [9.17, 15) is 14.0 Å². The summed E-state index contributed by atoms with van der Waals surface area (Å²) in [5.74, 6) is -2.72. The standard InChI is InChI=1S/C9H7BrFNO3/c1-15-9(14)8(13)12-7-3-2-5(10)4-6(7)11/h2-4H,1H3,(H,12,13). The van der Waals surface area contributed by atoms with Gasteiger partial charge in [0.05, 0.1) is 12.8 Å². The van der Waals surface area contributed by atoms with E-state index in [4.69, 9.17) is 0 Å². The van der Waals surface area contributed by atoms with E-state index in [1.165, 1.54) is 18.2 Å². The van der Waals surface area contributed by atoms with Crippen LogP contribution in [0.5, 0.6) is 0 Å². The molecular weight excluding hydrogens is 269 g/mol. The Hall–Kier alpha value is -1.43. The Bertz CT molecular complexity index is 408. The first kappa shape index (κ1) is 11.6. The number of benzene rings is 1. The van der Waals surface area contributed by atoms with Crippen LogP contribution in [0.25, 0.3) is 0 Å². The van der Waals surface area contributed by atoms with Crippen molar-refractivity contribution < 1.29 is 18.7 Å². The number of methoxy groups -OCH3 is 1. The third-order valence-corrected chi connectivity index (χ3v) is 2.04. The molecule has 80 valence electrons. The highest BCUT2D eigenvalue weighted by molar-refractivity contribution is 9.10. The Labute approximate surface area is 93.5 Å². The highest BCUT2D eigenvalue weighted by Crippen LogP contribution is 2.19. The van der Waals surface area contributed by atoms with Crippen molar-refractivity contribution in [3.8, 4) is 0 Å². The lowest BCUT2D eigenvalue weighted by Crippen LogP contribution is -2.24. The molecule has 0 aliphatic heterocycles. The average molecular weight is 276 g/mol. The summed E-state index contributed by atoms with van der Waals surface area (Å²) in [6, 6.07) is 4.04. The van der Waals surface area contributed by atoms with E-state index in [1.807, 2.05) is 0 Å². The Morgan fingerprint density at radius 1 is 1.47 bits per heavy atom. The lowest BCUT2D eigenvalue weighted by atomic mass is 10.3. The number of amides is 1. The molecule has 0 fully saturated rings. The van der Waals surface area contributed by atoms with Crippen LogP contribution in [0.15, 0.2) is 22.7 Å². The Kier molecular flexibility index (Phi) is 3.79. The van der Waals surface area contributed by atoms with Crippen LogP contribution in [-0.4, -0.2) is 19.0 Å². The second kappa shape index (κ2) is 4.88. The minimum atomic E-state index is -1.07. The van der Waals surface area contributed by atoms with Gasteiger partial charge in [-0.25, -0.2) is 9.18 Å². The van der Waals surface area contributed by atoms with E-state index in [1.54, 1.807) is 0 Å². The molecule has 0 aromatic heterocycles. The first-order chi connectivity index (χ1) is 7.04. The first-order valence-electron chi connectivity index (χ1n) is 3.89. The summed E-state index contributed by atoms with van der Waals surface area (Å²) in [6.07, 6.45) is 0. The van der Waals surface area contributed by atoms with Gasteiger partial charge in [0.1, 0.15) is 5.82 Å². The maximum Gasteiger partial charge on any atom is 0.396 e. The van der Waals surface area contributed by atoms with Crippen molar-refractivity contribution in [2.75, 3.05) is 12.4 Å². The molecule has 0 saturated carbocycles. The maximum absolute atomic E-state index is 13.2. The molecule has 1 aromatic carbocycles. The molecule has 0 aliphatic rings. The molecule has 1 N–H and O–H groups in total. The maximum atomic E-state index is 13.2. The first-order valence-corrected chi connectivity index (χ1v) is 4.68. The molecule has 0 radical (unpaired) electrons. The summed E-state index contributed by atoms with van der Waals surface area (Å²) in [5.41, 5.74) is -0.0754. The third kappa shape index (κ3) is 3.02. The number of anilines is 1. The fraction of sp³-hybridized carbons (Fsp3) is 0.111. The molecule has 0 saturated heterocycles. The second-order valence-corrected chi connectivity index (χ2v) is 3.49. The minimum absolute atomic E-state index is 0.0754. The Morgan fingerprint density at radius 3 is 2.67 bits per heavy atom. The number of hydrogen-bond acceptors (Lipinski definition) is 3. The summed E-state index contributed by atoms with van der Waals surface area (Å²) < 4.78 is 17.9. The summed E-state index contributed by atoms with van der Waals surface area (Å²) in [5, 5.41) is 2.08. The molecule has 6 heteroatoms. The van der Waals surface area contributed by atoms with Gasteiger partial charge in [-0.2, -0.15) is 0 Å². The van der Waals surface area contributed by atoms with Crippen molar-refractivity contribution in [1.29, 1.82) is 0 Å². The Balaban J connectivity index is 2.81. The van der Waals surface area contributed by atoms with Crippen LogP contribution < -0.4 is 5.32 Å². The van der Waals surface area contributed by atoms with E-state index in [2.05, 4.69) is 26.0 Å². The number of carbonyl (C=O) groups excluding carboxylic acids is 2. The second-order valence-electron chi connectivity index (χ2n) is 2.57. The fourth-order valence-corrected chi connectivity index (χ4v) is 1.19. The number of esters is 1. The topological polar surface area (TPSA) is 55.4 Å². The zero-order valence-electron chi connectivity index (χ0n) is 7.71. The van der Waals surface area contributed by atoms with Crippen molar-refractivity contribution in [2.45, 2.75) is 0 Å². The summed E-state index contributed by atoms with van der Waals surface area (Å²) in [4.78, 5) is 21.7. The van der Waals surface area contributed by atoms with Crippen molar-refractivity contribution in [3.63, 3.8) is 0 Å².